The van der Waals surface area contributed by atoms with Gasteiger partial charge in [-0.1, -0.05) is 60.6 Å². The molecule has 130 valence electrons. The van der Waals surface area contributed by atoms with Gasteiger partial charge in [0.1, 0.15) is 0 Å². The van der Waals surface area contributed by atoms with Crippen molar-refractivity contribution in [1.82, 2.24) is 10.2 Å². The molecule has 1 fully saturated rings. The van der Waals surface area contributed by atoms with Crippen LogP contribution in [0.2, 0.25) is 5.02 Å². The third-order valence-electron chi connectivity index (χ3n) is 4.59. The Hall–Kier alpha value is -1.87. The SMILES string of the molecule is C=C(CCN1CCNCC1)/C(=C\c1ccc(Cl)cc1)c1ccccc1. The van der Waals surface area contributed by atoms with Crippen LogP contribution in [0, 0.1) is 0 Å². The Morgan fingerprint density at radius 1 is 1.04 bits per heavy atom. The second kappa shape index (κ2) is 9.00. The Morgan fingerprint density at radius 2 is 1.72 bits per heavy atom. The summed E-state index contributed by atoms with van der Waals surface area (Å²) in [6.07, 6.45) is 3.19. The molecule has 2 nitrogen and oxygen atoms in total. The molecule has 1 aliphatic rings. The minimum atomic E-state index is 0.760. The molecular formula is C22H25ClN2. The summed E-state index contributed by atoms with van der Waals surface area (Å²) in [6, 6.07) is 18.5. The van der Waals surface area contributed by atoms with E-state index in [2.05, 4.69) is 59.3 Å². The zero-order valence-electron chi connectivity index (χ0n) is 14.5. The lowest BCUT2D eigenvalue weighted by Crippen LogP contribution is -2.43. The molecule has 1 heterocycles. The molecule has 3 heteroatoms. The predicted octanol–water partition coefficient (Wildman–Crippen LogP) is 4.73. The first-order valence-corrected chi connectivity index (χ1v) is 9.24. The van der Waals surface area contributed by atoms with E-state index in [0.717, 1.165) is 49.7 Å². The third kappa shape index (κ3) is 5.30. The highest BCUT2D eigenvalue weighted by atomic mass is 35.5. The molecule has 0 bridgehead atoms. The van der Waals surface area contributed by atoms with Gasteiger partial charge in [-0.3, -0.25) is 0 Å². The molecule has 0 radical (unpaired) electrons. The van der Waals surface area contributed by atoms with Crippen molar-refractivity contribution in [1.29, 1.82) is 0 Å². The van der Waals surface area contributed by atoms with Crippen LogP contribution < -0.4 is 5.32 Å². The Balaban J connectivity index is 1.78. The lowest BCUT2D eigenvalue weighted by atomic mass is 9.94. The van der Waals surface area contributed by atoms with Crippen molar-refractivity contribution in [2.24, 2.45) is 0 Å². The molecule has 2 aromatic carbocycles. The van der Waals surface area contributed by atoms with Crippen molar-refractivity contribution < 1.29 is 0 Å². The van der Waals surface area contributed by atoms with E-state index in [9.17, 15) is 0 Å². The van der Waals surface area contributed by atoms with Gasteiger partial charge in [-0.2, -0.15) is 0 Å². The van der Waals surface area contributed by atoms with Gasteiger partial charge in [0.2, 0.25) is 0 Å². The maximum absolute atomic E-state index is 6.01. The molecular weight excluding hydrogens is 328 g/mol. The summed E-state index contributed by atoms with van der Waals surface area (Å²) in [4.78, 5) is 2.51. The van der Waals surface area contributed by atoms with Gasteiger partial charge in [-0.05, 0) is 46.9 Å². The first kappa shape index (κ1) is 17.9. The highest BCUT2D eigenvalue weighted by Gasteiger charge is 2.12. The third-order valence-corrected chi connectivity index (χ3v) is 4.84. The Kier molecular flexibility index (Phi) is 6.46. The van der Waals surface area contributed by atoms with Crippen LogP contribution in [0.15, 0.2) is 66.7 Å². The van der Waals surface area contributed by atoms with Crippen LogP contribution in [0.5, 0.6) is 0 Å². The van der Waals surface area contributed by atoms with Gasteiger partial charge in [0.05, 0.1) is 0 Å². The summed E-state index contributed by atoms with van der Waals surface area (Å²) in [5, 5.41) is 4.16. The normalized spacial score (nSPS) is 16.0. The number of hydrogen-bond donors (Lipinski definition) is 1. The van der Waals surface area contributed by atoms with Crippen LogP contribution in [-0.4, -0.2) is 37.6 Å². The van der Waals surface area contributed by atoms with Gasteiger partial charge in [-0.15, -0.1) is 0 Å². The predicted molar refractivity (Wildman–Crippen MR) is 109 cm³/mol. The summed E-state index contributed by atoms with van der Waals surface area (Å²) < 4.78 is 0. The minimum Gasteiger partial charge on any atom is -0.314 e. The number of benzene rings is 2. The smallest absolute Gasteiger partial charge is 0.0406 e. The second-order valence-electron chi connectivity index (χ2n) is 6.42. The number of piperazine rings is 1. The number of rotatable bonds is 6. The average molecular weight is 353 g/mol. The maximum Gasteiger partial charge on any atom is 0.0406 e. The molecule has 0 aromatic heterocycles. The van der Waals surface area contributed by atoms with Crippen LogP contribution in [0.1, 0.15) is 17.5 Å². The fraction of sp³-hybridized carbons (Fsp3) is 0.273. The van der Waals surface area contributed by atoms with E-state index in [4.69, 9.17) is 11.6 Å². The van der Waals surface area contributed by atoms with E-state index in [-0.39, 0.29) is 0 Å². The van der Waals surface area contributed by atoms with E-state index < -0.39 is 0 Å². The molecule has 1 aliphatic heterocycles. The van der Waals surface area contributed by atoms with Crippen molar-refractivity contribution in [2.45, 2.75) is 6.42 Å². The summed E-state index contributed by atoms with van der Waals surface area (Å²) in [5.74, 6) is 0. The molecule has 0 amide bonds. The van der Waals surface area contributed by atoms with E-state index in [0.29, 0.717) is 0 Å². The first-order valence-electron chi connectivity index (χ1n) is 8.86. The molecule has 0 spiro atoms. The number of hydrogen-bond acceptors (Lipinski definition) is 2. The second-order valence-corrected chi connectivity index (χ2v) is 6.86. The Labute approximate surface area is 155 Å². The van der Waals surface area contributed by atoms with Crippen LogP contribution in [0.25, 0.3) is 11.6 Å². The summed E-state index contributed by atoms with van der Waals surface area (Å²) in [6.45, 7) is 9.86. The van der Waals surface area contributed by atoms with Crippen LogP contribution in [-0.2, 0) is 0 Å². The van der Waals surface area contributed by atoms with E-state index in [1.807, 2.05) is 18.2 Å². The standard InChI is InChI=1S/C22H25ClN2/c1-18(11-14-25-15-12-24-13-16-25)22(20-5-3-2-4-6-20)17-19-7-9-21(23)10-8-19/h2-10,17,24H,1,11-16H2/b22-17+. The highest BCUT2D eigenvalue weighted by Crippen LogP contribution is 2.27. The summed E-state index contributed by atoms with van der Waals surface area (Å²) in [5.41, 5.74) is 4.74. The maximum atomic E-state index is 6.01. The van der Waals surface area contributed by atoms with Crippen molar-refractivity contribution in [3.8, 4) is 0 Å². The van der Waals surface area contributed by atoms with Gasteiger partial charge in [0.15, 0.2) is 0 Å². The zero-order chi connectivity index (χ0) is 17.5. The molecule has 2 aromatic rings. The minimum absolute atomic E-state index is 0.760. The molecule has 25 heavy (non-hydrogen) atoms. The molecule has 0 atom stereocenters. The van der Waals surface area contributed by atoms with E-state index in [1.54, 1.807) is 0 Å². The molecule has 0 aliphatic carbocycles. The lowest BCUT2D eigenvalue weighted by Gasteiger charge is -2.27. The van der Waals surface area contributed by atoms with Gasteiger partial charge in [0.25, 0.3) is 0 Å². The Morgan fingerprint density at radius 3 is 2.40 bits per heavy atom. The van der Waals surface area contributed by atoms with Crippen molar-refractivity contribution in [3.05, 3.63) is 82.9 Å². The molecule has 0 unspecified atom stereocenters. The average Bonchev–Trinajstić information content (AvgIpc) is 2.67. The van der Waals surface area contributed by atoms with Gasteiger partial charge >= 0.3 is 0 Å². The monoisotopic (exact) mass is 352 g/mol. The van der Waals surface area contributed by atoms with Crippen molar-refractivity contribution >= 4 is 23.3 Å². The number of nitrogens with zero attached hydrogens (tertiary/aromatic N) is 1. The highest BCUT2D eigenvalue weighted by molar-refractivity contribution is 6.30. The van der Waals surface area contributed by atoms with Gasteiger partial charge < -0.3 is 10.2 Å². The quantitative estimate of drug-likeness (QED) is 0.597. The summed E-state index contributed by atoms with van der Waals surface area (Å²) >= 11 is 6.01. The number of allylic oxidation sites excluding steroid dienone is 1. The summed E-state index contributed by atoms with van der Waals surface area (Å²) in [7, 11) is 0. The molecule has 3 rings (SSSR count). The number of halogens is 1. The van der Waals surface area contributed by atoms with Gasteiger partial charge in [0, 0.05) is 37.7 Å². The molecule has 0 saturated carbocycles. The van der Waals surface area contributed by atoms with E-state index >= 15 is 0 Å². The molecule has 1 N–H and O–H groups in total. The zero-order valence-corrected chi connectivity index (χ0v) is 15.3. The largest absolute Gasteiger partial charge is 0.314 e. The lowest BCUT2D eigenvalue weighted by molar-refractivity contribution is 0.244. The molecule has 1 saturated heterocycles. The fourth-order valence-corrected chi connectivity index (χ4v) is 3.22. The topological polar surface area (TPSA) is 15.3 Å². The van der Waals surface area contributed by atoms with Crippen molar-refractivity contribution in [3.63, 3.8) is 0 Å². The fourth-order valence-electron chi connectivity index (χ4n) is 3.10. The number of nitrogens with one attached hydrogen (secondary N) is 1. The van der Waals surface area contributed by atoms with Gasteiger partial charge in [-0.25, -0.2) is 0 Å². The van der Waals surface area contributed by atoms with E-state index in [1.165, 1.54) is 16.7 Å². The Bertz CT molecular complexity index is 713. The van der Waals surface area contributed by atoms with Crippen LogP contribution in [0.4, 0.5) is 0 Å². The van der Waals surface area contributed by atoms with Crippen molar-refractivity contribution in [2.75, 3.05) is 32.7 Å². The van der Waals surface area contributed by atoms with Crippen LogP contribution in [0.3, 0.4) is 0 Å². The first-order chi connectivity index (χ1) is 12.2. The van der Waals surface area contributed by atoms with Crippen LogP contribution >= 0.6 is 11.6 Å².